The van der Waals surface area contributed by atoms with Crippen LogP contribution in [0.1, 0.15) is 128 Å². The first kappa shape index (κ1) is 35.6. The molecular weight excluding hydrogens is 632 g/mol. The lowest BCUT2D eigenvalue weighted by Gasteiger charge is -2.64. The van der Waals surface area contributed by atoms with E-state index in [-0.39, 0.29) is 71.8 Å². The minimum atomic E-state index is -1.21. The number of epoxide rings is 1. The third kappa shape index (κ3) is 6.43. The SMILES string of the molecule is CC12CCC(OC(=O)CCCCCCC(=O)NC(CCC(N)=O)C(=O)O)CC1(O)CCC1C2CCC2(C)C(c3ccc(=O)oc3)CC3OC312. The first-order chi connectivity index (χ1) is 23.2. The van der Waals surface area contributed by atoms with E-state index in [4.69, 9.17) is 19.6 Å². The van der Waals surface area contributed by atoms with Crippen molar-refractivity contribution in [3.05, 3.63) is 34.4 Å². The number of ether oxygens (including phenoxy) is 2. The van der Waals surface area contributed by atoms with E-state index in [0.29, 0.717) is 43.9 Å². The number of nitrogens with one attached hydrogen (secondary N) is 1. The molecule has 5 fully saturated rings. The second-order valence-electron chi connectivity index (χ2n) is 16.0. The van der Waals surface area contributed by atoms with E-state index >= 15 is 0 Å². The lowest BCUT2D eigenvalue weighted by molar-refractivity contribution is -0.227. The molecule has 4 aliphatic carbocycles. The Hall–Kier alpha value is -3.25. The van der Waals surface area contributed by atoms with Crippen molar-refractivity contribution in [1.29, 1.82) is 0 Å². The number of carbonyl (C=O) groups is 4. The molecule has 12 heteroatoms. The maximum atomic E-state index is 12.8. The molecule has 5 aliphatic rings. The molecule has 12 nitrogen and oxygen atoms in total. The number of unbranched alkanes of at least 4 members (excludes halogenated alkanes) is 3. The monoisotopic (exact) mass is 684 g/mol. The summed E-state index contributed by atoms with van der Waals surface area (Å²) in [6.07, 6.45) is 10.8. The predicted octanol–water partition coefficient (Wildman–Crippen LogP) is 4.10. The molecule has 5 N–H and O–H groups in total. The lowest BCUT2D eigenvalue weighted by Crippen LogP contribution is -2.65. The van der Waals surface area contributed by atoms with Crippen molar-refractivity contribution >= 4 is 23.8 Å². The summed E-state index contributed by atoms with van der Waals surface area (Å²) in [6.45, 7) is 4.61. The number of fused-ring (bicyclic) bond motifs is 3. The summed E-state index contributed by atoms with van der Waals surface area (Å²) >= 11 is 0. The van der Waals surface area contributed by atoms with Crippen LogP contribution in [0.3, 0.4) is 0 Å². The standard InChI is InChI=1S/C37H52N2O10/c1-34-16-13-23(48-32(43)8-6-4-3-5-7-30(41)39-27(33(44)45)10-11-29(38)40)20-36(34,46)18-15-25-24(34)14-17-35(2)26(19-28-37(25,35)49-28)22-9-12-31(42)47-21-22/h9,12,21,23-28,46H,3-8,10-11,13-20H2,1-2H3,(H2,38,40)(H,39,41)(H,44,45). The Balaban J connectivity index is 0.952. The normalized spacial score (nSPS) is 37.8. The van der Waals surface area contributed by atoms with Crippen LogP contribution >= 0.6 is 0 Å². The summed E-state index contributed by atoms with van der Waals surface area (Å²) in [5.74, 6) is -1.54. The van der Waals surface area contributed by atoms with Gasteiger partial charge in [0.1, 0.15) is 17.7 Å². The Morgan fingerprint density at radius 1 is 0.980 bits per heavy atom. The Labute approximate surface area is 286 Å². The van der Waals surface area contributed by atoms with Gasteiger partial charge >= 0.3 is 17.6 Å². The van der Waals surface area contributed by atoms with Gasteiger partial charge in [-0.2, -0.15) is 0 Å². The fourth-order valence-electron chi connectivity index (χ4n) is 10.8. The van der Waals surface area contributed by atoms with Crippen LogP contribution in [-0.4, -0.2) is 63.4 Å². The number of hydrogen-bond donors (Lipinski definition) is 4. The van der Waals surface area contributed by atoms with Crippen molar-refractivity contribution in [2.45, 2.75) is 152 Å². The lowest BCUT2D eigenvalue weighted by atomic mass is 9.42. The summed E-state index contributed by atoms with van der Waals surface area (Å²) in [5.41, 5.74) is 4.35. The Kier molecular flexibility index (Phi) is 9.78. The second kappa shape index (κ2) is 13.5. The number of carboxylic acids is 1. The predicted molar refractivity (Wildman–Crippen MR) is 176 cm³/mol. The van der Waals surface area contributed by atoms with Crippen LogP contribution in [0, 0.1) is 22.7 Å². The largest absolute Gasteiger partial charge is 0.480 e. The third-order valence-corrected chi connectivity index (χ3v) is 13.5. The molecule has 1 spiro atoms. The van der Waals surface area contributed by atoms with Gasteiger partial charge in [-0.05, 0) is 99.0 Å². The van der Waals surface area contributed by atoms with E-state index in [1.165, 1.54) is 6.07 Å². The highest BCUT2D eigenvalue weighted by atomic mass is 16.6. The topological polar surface area (TPSA) is 199 Å². The maximum absolute atomic E-state index is 12.8. The molecule has 4 saturated carbocycles. The molecular formula is C37H52N2O10. The molecule has 1 aliphatic heterocycles. The van der Waals surface area contributed by atoms with Crippen molar-refractivity contribution in [3.8, 4) is 0 Å². The van der Waals surface area contributed by atoms with Gasteiger partial charge < -0.3 is 35.2 Å². The minimum absolute atomic E-state index is 0.0495. The number of carbonyl (C=O) groups excluding carboxylic acids is 3. The molecule has 2 heterocycles. The van der Waals surface area contributed by atoms with Crippen LogP contribution in [0.5, 0.6) is 0 Å². The molecule has 0 radical (unpaired) electrons. The zero-order valence-electron chi connectivity index (χ0n) is 28.7. The van der Waals surface area contributed by atoms with Gasteiger partial charge in [-0.15, -0.1) is 0 Å². The van der Waals surface area contributed by atoms with Crippen LogP contribution in [0.25, 0.3) is 0 Å². The van der Waals surface area contributed by atoms with E-state index in [1.54, 1.807) is 6.26 Å². The van der Waals surface area contributed by atoms with Crippen LogP contribution in [0.2, 0.25) is 0 Å². The van der Waals surface area contributed by atoms with E-state index in [2.05, 4.69) is 19.2 Å². The zero-order chi connectivity index (χ0) is 35.2. The Bertz CT molecular complexity index is 1490. The van der Waals surface area contributed by atoms with E-state index in [9.17, 15) is 34.2 Å². The van der Waals surface area contributed by atoms with E-state index < -0.39 is 29.4 Å². The van der Waals surface area contributed by atoms with Gasteiger partial charge in [0.15, 0.2) is 0 Å². The van der Waals surface area contributed by atoms with Crippen LogP contribution < -0.4 is 16.7 Å². The number of primary amides is 1. The average Bonchev–Trinajstić information content (AvgIpc) is 3.70. The quantitative estimate of drug-likeness (QED) is 0.126. The number of rotatable bonds is 14. The van der Waals surface area contributed by atoms with Gasteiger partial charge in [-0.25, -0.2) is 9.59 Å². The fourth-order valence-corrected chi connectivity index (χ4v) is 10.8. The van der Waals surface area contributed by atoms with Gasteiger partial charge in [0.2, 0.25) is 11.8 Å². The number of esters is 1. The number of carboxylic acid groups (broad SMARTS) is 1. The van der Waals surface area contributed by atoms with Gasteiger partial charge in [0.05, 0.1) is 18.0 Å². The van der Waals surface area contributed by atoms with Crippen molar-refractivity contribution < 1.29 is 43.3 Å². The molecule has 10 atom stereocenters. The highest BCUT2D eigenvalue weighted by Gasteiger charge is 2.81. The second-order valence-corrected chi connectivity index (χ2v) is 16.0. The number of nitrogens with two attached hydrogens (primary N) is 1. The summed E-state index contributed by atoms with van der Waals surface area (Å²) in [4.78, 5) is 58.8. The molecule has 0 bridgehead atoms. The molecule has 49 heavy (non-hydrogen) atoms. The molecule has 6 rings (SSSR count). The zero-order valence-corrected chi connectivity index (χ0v) is 28.7. The summed E-state index contributed by atoms with van der Waals surface area (Å²) < 4.78 is 17.8. The number of aliphatic hydroxyl groups is 1. The summed E-state index contributed by atoms with van der Waals surface area (Å²) in [7, 11) is 0. The molecule has 2 amide bonds. The molecule has 1 saturated heterocycles. The van der Waals surface area contributed by atoms with Crippen LogP contribution in [0.15, 0.2) is 27.6 Å². The Morgan fingerprint density at radius 3 is 2.39 bits per heavy atom. The van der Waals surface area contributed by atoms with Gasteiger partial charge in [0.25, 0.3) is 0 Å². The van der Waals surface area contributed by atoms with Gasteiger partial charge in [-0.3, -0.25) is 14.4 Å². The first-order valence-corrected chi connectivity index (χ1v) is 18.2. The average molecular weight is 685 g/mol. The molecule has 270 valence electrons. The Morgan fingerprint density at radius 2 is 1.69 bits per heavy atom. The number of amides is 2. The highest BCUT2D eigenvalue weighted by Crippen LogP contribution is 2.78. The molecule has 1 aromatic rings. The van der Waals surface area contributed by atoms with Crippen LogP contribution in [-0.2, 0) is 28.7 Å². The van der Waals surface area contributed by atoms with Crippen molar-refractivity contribution in [2.24, 2.45) is 28.4 Å². The highest BCUT2D eigenvalue weighted by molar-refractivity contribution is 5.84. The van der Waals surface area contributed by atoms with Crippen LogP contribution in [0.4, 0.5) is 0 Å². The fraction of sp³-hybridized carbons (Fsp3) is 0.757. The smallest absolute Gasteiger partial charge is 0.335 e. The van der Waals surface area contributed by atoms with Crippen molar-refractivity contribution in [2.75, 3.05) is 0 Å². The van der Waals surface area contributed by atoms with Crippen molar-refractivity contribution in [1.82, 2.24) is 5.32 Å². The minimum Gasteiger partial charge on any atom is -0.480 e. The molecule has 1 aromatic heterocycles. The number of aliphatic carboxylic acids is 1. The van der Waals surface area contributed by atoms with E-state index in [1.807, 2.05) is 6.07 Å². The van der Waals surface area contributed by atoms with E-state index in [0.717, 1.165) is 50.5 Å². The van der Waals surface area contributed by atoms with Crippen molar-refractivity contribution in [3.63, 3.8) is 0 Å². The first-order valence-electron chi connectivity index (χ1n) is 18.2. The molecule has 0 aromatic carbocycles. The maximum Gasteiger partial charge on any atom is 0.335 e. The molecule has 10 unspecified atom stereocenters. The summed E-state index contributed by atoms with van der Waals surface area (Å²) in [5, 5.41) is 23.9. The summed E-state index contributed by atoms with van der Waals surface area (Å²) in [6, 6.07) is 2.28. The van der Waals surface area contributed by atoms with Gasteiger partial charge in [0, 0.05) is 37.2 Å². The third-order valence-electron chi connectivity index (χ3n) is 13.5. The van der Waals surface area contributed by atoms with Gasteiger partial charge in [-0.1, -0.05) is 26.7 Å². The number of hydrogen-bond acceptors (Lipinski definition) is 9.